The Labute approximate surface area is 167 Å². The molecule has 26 heavy (non-hydrogen) atoms. The average Bonchev–Trinajstić information content (AvgIpc) is 3.13. The zero-order valence-corrected chi connectivity index (χ0v) is 16.7. The molecule has 3 rings (SSSR count). The Morgan fingerprint density at radius 1 is 1.12 bits per heavy atom. The molecule has 0 radical (unpaired) electrons. The number of amides is 1. The van der Waals surface area contributed by atoms with Gasteiger partial charge in [0, 0.05) is 14.5 Å². The second kappa shape index (κ2) is 8.73. The molecule has 0 aliphatic rings. The number of rotatable bonds is 5. The Bertz CT molecular complexity index is 947. The number of allylic oxidation sites excluding steroid dienone is 1. The third-order valence-electron chi connectivity index (χ3n) is 3.42. The lowest BCUT2D eigenvalue weighted by atomic mass is 10.1. The van der Waals surface area contributed by atoms with E-state index in [9.17, 15) is 4.79 Å². The number of aromatic amines is 1. The molecule has 130 valence electrons. The van der Waals surface area contributed by atoms with Crippen molar-refractivity contribution in [1.82, 2.24) is 15.6 Å². The Morgan fingerprint density at radius 2 is 1.85 bits per heavy atom. The van der Waals surface area contributed by atoms with Crippen LogP contribution in [0.3, 0.4) is 0 Å². The predicted octanol–water partition coefficient (Wildman–Crippen LogP) is 4.99. The number of carbonyl (C=O) groups excluding carboxylic acids is 1. The third kappa shape index (κ3) is 5.00. The van der Waals surface area contributed by atoms with Gasteiger partial charge in [-0.1, -0.05) is 58.4 Å². The van der Waals surface area contributed by atoms with Crippen LogP contribution in [-0.4, -0.2) is 22.3 Å². The van der Waals surface area contributed by atoms with Gasteiger partial charge < -0.3 is 0 Å². The number of benzene rings is 2. The molecule has 0 fully saturated rings. The molecule has 5 nitrogen and oxygen atoms in total. The van der Waals surface area contributed by atoms with E-state index in [4.69, 9.17) is 0 Å². The molecule has 2 aromatic carbocycles. The second-order valence-electron chi connectivity index (χ2n) is 5.31. The molecule has 0 saturated heterocycles. The topological polar surface area (TPSA) is 70.1 Å². The lowest BCUT2D eigenvalue weighted by Gasteiger charge is -1.96. The van der Waals surface area contributed by atoms with E-state index < -0.39 is 0 Å². The molecule has 0 saturated carbocycles. The summed E-state index contributed by atoms with van der Waals surface area (Å²) in [7, 11) is 0. The Morgan fingerprint density at radius 3 is 2.58 bits per heavy atom. The monoisotopic (exact) mass is 472 g/mol. The van der Waals surface area contributed by atoms with Crippen molar-refractivity contribution in [2.45, 2.75) is 0 Å². The summed E-state index contributed by atoms with van der Waals surface area (Å²) in [6.07, 6.45) is 3.42. The Hall–Kier alpha value is -2.51. The molecule has 0 aliphatic carbocycles. The molecule has 0 aliphatic heterocycles. The van der Waals surface area contributed by atoms with E-state index in [0.717, 1.165) is 20.1 Å². The maximum absolute atomic E-state index is 12.1. The molecule has 7 heteroatoms. The van der Waals surface area contributed by atoms with Gasteiger partial charge in [-0.15, -0.1) is 0 Å². The van der Waals surface area contributed by atoms with Gasteiger partial charge in [0.15, 0.2) is 0 Å². The molecule has 2 N–H and O–H groups in total. The van der Waals surface area contributed by atoms with Crippen molar-refractivity contribution < 1.29 is 4.79 Å². The van der Waals surface area contributed by atoms with Gasteiger partial charge in [-0.05, 0) is 45.8 Å². The van der Waals surface area contributed by atoms with Crippen molar-refractivity contribution in [2.24, 2.45) is 5.10 Å². The summed E-state index contributed by atoms with van der Waals surface area (Å²) in [5.41, 5.74) is 5.45. The minimum Gasteiger partial charge on any atom is -0.272 e. The van der Waals surface area contributed by atoms with Gasteiger partial charge in [-0.25, -0.2) is 5.43 Å². The van der Waals surface area contributed by atoms with E-state index >= 15 is 0 Å². The average molecular weight is 474 g/mol. The van der Waals surface area contributed by atoms with Crippen LogP contribution in [0.2, 0.25) is 0 Å². The van der Waals surface area contributed by atoms with Crippen molar-refractivity contribution in [3.05, 3.63) is 80.9 Å². The van der Waals surface area contributed by atoms with Crippen molar-refractivity contribution in [3.8, 4) is 11.3 Å². The van der Waals surface area contributed by atoms with E-state index in [1.165, 1.54) is 6.21 Å². The summed E-state index contributed by atoms with van der Waals surface area (Å²) in [6.45, 7) is 0. The molecular formula is C19H14Br2N4O. The molecule has 3 aromatic rings. The second-order valence-corrected chi connectivity index (χ2v) is 7.14. The van der Waals surface area contributed by atoms with Crippen LogP contribution in [-0.2, 0) is 0 Å². The number of hydrazone groups is 1. The first-order valence-corrected chi connectivity index (χ1v) is 9.27. The highest BCUT2D eigenvalue weighted by molar-refractivity contribution is 9.12. The van der Waals surface area contributed by atoms with E-state index in [1.54, 1.807) is 6.07 Å². The van der Waals surface area contributed by atoms with Crippen LogP contribution in [0.25, 0.3) is 17.3 Å². The lowest BCUT2D eigenvalue weighted by Crippen LogP contribution is -2.17. The first-order chi connectivity index (χ1) is 12.6. The van der Waals surface area contributed by atoms with Crippen LogP contribution in [0.1, 0.15) is 16.1 Å². The van der Waals surface area contributed by atoms with E-state index in [-0.39, 0.29) is 5.91 Å². The summed E-state index contributed by atoms with van der Waals surface area (Å²) in [6, 6.07) is 19.2. The first kappa shape index (κ1) is 18.3. The highest BCUT2D eigenvalue weighted by Gasteiger charge is 2.10. The van der Waals surface area contributed by atoms with Crippen LogP contribution < -0.4 is 5.43 Å². The summed E-state index contributed by atoms with van der Waals surface area (Å²) in [5, 5.41) is 10.8. The number of nitrogens with zero attached hydrogens (tertiary/aromatic N) is 2. The maximum atomic E-state index is 12.1. The SMILES string of the molecule is O=C(N/N=C\C(Br)=C\c1ccccc1)c1cc(-c2ccc(Br)cc2)n[nH]1. The van der Waals surface area contributed by atoms with Gasteiger partial charge in [0.1, 0.15) is 5.69 Å². The van der Waals surface area contributed by atoms with Crippen LogP contribution in [0.15, 0.2) is 74.7 Å². The normalized spacial score (nSPS) is 11.7. The number of hydrogen-bond donors (Lipinski definition) is 2. The summed E-state index contributed by atoms with van der Waals surface area (Å²) in [5.74, 6) is -0.364. The van der Waals surface area contributed by atoms with Crippen LogP contribution >= 0.6 is 31.9 Å². The first-order valence-electron chi connectivity index (χ1n) is 7.69. The fraction of sp³-hybridized carbons (Fsp3) is 0. The molecule has 0 spiro atoms. The number of carbonyl (C=O) groups is 1. The standard InChI is InChI=1S/C19H14Br2N4O/c20-15-8-6-14(7-9-15)17-11-18(24-23-17)19(26)25-22-12-16(21)10-13-4-2-1-3-5-13/h1-12H,(H,23,24)(H,25,26)/b16-10-,22-12-. The minimum absolute atomic E-state index is 0.336. The Kier molecular flexibility index (Phi) is 6.14. The number of hydrogen-bond acceptors (Lipinski definition) is 3. The smallest absolute Gasteiger partial charge is 0.272 e. The van der Waals surface area contributed by atoms with Gasteiger partial charge in [0.05, 0.1) is 11.9 Å². The maximum Gasteiger partial charge on any atom is 0.289 e. The quantitative estimate of drug-likeness (QED) is 0.404. The molecule has 0 bridgehead atoms. The van der Waals surface area contributed by atoms with Gasteiger partial charge in [-0.2, -0.15) is 10.2 Å². The van der Waals surface area contributed by atoms with E-state index in [2.05, 4.69) is 52.6 Å². The number of nitrogens with one attached hydrogen (secondary N) is 2. The number of aromatic nitrogens is 2. The van der Waals surface area contributed by atoms with Crippen LogP contribution in [0, 0.1) is 0 Å². The predicted molar refractivity (Wildman–Crippen MR) is 111 cm³/mol. The summed E-state index contributed by atoms with van der Waals surface area (Å²) < 4.78 is 1.72. The lowest BCUT2D eigenvalue weighted by molar-refractivity contribution is 0.0950. The highest BCUT2D eigenvalue weighted by Crippen LogP contribution is 2.20. The molecule has 1 amide bonds. The largest absolute Gasteiger partial charge is 0.289 e. The summed E-state index contributed by atoms with van der Waals surface area (Å²) >= 11 is 6.79. The minimum atomic E-state index is -0.364. The van der Waals surface area contributed by atoms with Gasteiger partial charge >= 0.3 is 0 Å². The van der Waals surface area contributed by atoms with Crippen molar-refractivity contribution >= 4 is 50.1 Å². The fourth-order valence-electron chi connectivity index (χ4n) is 2.17. The van der Waals surface area contributed by atoms with Gasteiger partial charge in [0.25, 0.3) is 5.91 Å². The molecule has 1 aromatic heterocycles. The van der Waals surface area contributed by atoms with Crippen LogP contribution in [0.4, 0.5) is 0 Å². The van der Waals surface area contributed by atoms with Crippen molar-refractivity contribution in [2.75, 3.05) is 0 Å². The molecule has 1 heterocycles. The number of H-pyrrole nitrogens is 1. The molecular weight excluding hydrogens is 460 g/mol. The zero-order chi connectivity index (χ0) is 18.4. The number of halogens is 2. The van der Waals surface area contributed by atoms with Gasteiger partial charge in [0.2, 0.25) is 0 Å². The zero-order valence-electron chi connectivity index (χ0n) is 13.5. The molecule has 0 unspecified atom stereocenters. The fourth-order valence-corrected chi connectivity index (χ4v) is 2.80. The van der Waals surface area contributed by atoms with Gasteiger partial charge in [-0.3, -0.25) is 9.89 Å². The van der Waals surface area contributed by atoms with E-state index in [0.29, 0.717) is 11.4 Å². The van der Waals surface area contributed by atoms with Crippen molar-refractivity contribution in [1.29, 1.82) is 0 Å². The van der Waals surface area contributed by atoms with Crippen molar-refractivity contribution in [3.63, 3.8) is 0 Å². The third-order valence-corrected chi connectivity index (χ3v) is 4.38. The molecule has 0 atom stereocenters. The van der Waals surface area contributed by atoms with E-state index in [1.807, 2.05) is 60.7 Å². The summed E-state index contributed by atoms with van der Waals surface area (Å²) in [4.78, 5) is 12.1. The Balaban J connectivity index is 1.62. The van der Waals surface area contributed by atoms with Crippen LogP contribution in [0.5, 0.6) is 0 Å². The highest BCUT2D eigenvalue weighted by atomic mass is 79.9.